The van der Waals surface area contributed by atoms with Gasteiger partial charge in [-0.1, -0.05) is 0 Å². The summed E-state index contributed by atoms with van der Waals surface area (Å²) in [4.78, 5) is 4.04. The molecule has 1 aromatic heterocycles. The molecule has 1 N–H and O–H groups in total. The molecule has 1 heterocycles. The number of aromatic nitrogens is 1. The highest BCUT2D eigenvalue weighted by Gasteiger charge is 2.23. The van der Waals surface area contributed by atoms with Gasteiger partial charge in [0.1, 0.15) is 4.90 Å². The number of anilines is 1. The second-order valence-corrected chi connectivity index (χ2v) is 6.38. The third-order valence-electron chi connectivity index (χ3n) is 2.60. The van der Waals surface area contributed by atoms with Crippen molar-refractivity contribution in [1.82, 2.24) is 9.29 Å². The van der Waals surface area contributed by atoms with Crippen LogP contribution in [0.25, 0.3) is 0 Å². The van der Waals surface area contributed by atoms with E-state index in [2.05, 4.69) is 10.3 Å². The van der Waals surface area contributed by atoms with E-state index >= 15 is 0 Å². The van der Waals surface area contributed by atoms with Crippen molar-refractivity contribution in [1.29, 1.82) is 0 Å². The highest BCUT2D eigenvalue weighted by atomic mass is 32.2. The molecule has 0 saturated carbocycles. The fraction of sp³-hybridized carbons (Fsp3) is 0.583. The first kappa shape index (κ1) is 15.9. The molecule has 0 saturated heterocycles. The molecule has 0 atom stereocenters. The van der Waals surface area contributed by atoms with Gasteiger partial charge in [-0.15, -0.1) is 0 Å². The van der Waals surface area contributed by atoms with Crippen molar-refractivity contribution in [3.05, 3.63) is 18.5 Å². The van der Waals surface area contributed by atoms with E-state index in [0.29, 0.717) is 18.8 Å². The third-order valence-corrected chi connectivity index (χ3v) is 4.48. The van der Waals surface area contributed by atoms with Crippen LogP contribution in [0, 0.1) is 0 Å². The van der Waals surface area contributed by atoms with Crippen molar-refractivity contribution in [2.75, 3.05) is 32.6 Å². The predicted molar refractivity (Wildman–Crippen MR) is 74.7 cm³/mol. The number of ether oxygens (including phenoxy) is 1. The van der Waals surface area contributed by atoms with Crippen LogP contribution in [0.5, 0.6) is 0 Å². The normalized spacial score (nSPS) is 12.1. The van der Waals surface area contributed by atoms with Crippen molar-refractivity contribution < 1.29 is 13.2 Å². The molecule has 0 bridgehead atoms. The third kappa shape index (κ3) is 4.15. The Hall–Kier alpha value is -1.18. The molecule has 0 aliphatic heterocycles. The second-order valence-electron chi connectivity index (χ2n) is 4.37. The van der Waals surface area contributed by atoms with Crippen LogP contribution in [0.1, 0.15) is 13.8 Å². The molecule has 6 nitrogen and oxygen atoms in total. The number of hydrogen-bond donors (Lipinski definition) is 1. The Morgan fingerprint density at radius 3 is 2.74 bits per heavy atom. The highest BCUT2D eigenvalue weighted by Crippen LogP contribution is 2.21. The molecule has 0 unspecified atom stereocenters. The number of rotatable bonds is 7. The van der Waals surface area contributed by atoms with Gasteiger partial charge in [-0.2, -0.15) is 4.31 Å². The van der Waals surface area contributed by atoms with E-state index in [9.17, 15) is 8.42 Å². The fourth-order valence-corrected chi connectivity index (χ4v) is 2.79. The van der Waals surface area contributed by atoms with E-state index in [1.807, 2.05) is 13.8 Å². The van der Waals surface area contributed by atoms with Gasteiger partial charge in [0.2, 0.25) is 10.0 Å². The zero-order valence-corrected chi connectivity index (χ0v) is 12.6. The van der Waals surface area contributed by atoms with Crippen LogP contribution < -0.4 is 5.32 Å². The smallest absolute Gasteiger partial charge is 0.246 e. The van der Waals surface area contributed by atoms with Gasteiger partial charge in [-0.05, 0) is 19.9 Å². The summed E-state index contributed by atoms with van der Waals surface area (Å²) in [5.74, 6) is 0. The lowest BCUT2D eigenvalue weighted by Crippen LogP contribution is -2.31. The Labute approximate surface area is 114 Å². The van der Waals surface area contributed by atoms with Crippen LogP contribution in [0.3, 0.4) is 0 Å². The monoisotopic (exact) mass is 287 g/mol. The van der Waals surface area contributed by atoms with Crippen LogP contribution in [-0.2, 0) is 14.8 Å². The Kier molecular flexibility index (Phi) is 5.71. The van der Waals surface area contributed by atoms with E-state index < -0.39 is 10.0 Å². The lowest BCUT2D eigenvalue weighted by Gasteiger charge is -2.19. The first-order valence-electron chi connectivity index (χ1n) is 6.09. The van der Waals surface area contributed by atoms with Gasteiger partial charge in [0, 0.05) is 33.0 Å². The molecular weight excluding hydrogens is 266 g/mol. The lowest BCUT2D eigenvalue weighted by atomic mass is 10.4. The SMILES string of the molecule is CNc1ccncc1S(=O)(=O)N(C)CCOC(C)C. The summed E-state index contributed by atoms with van der Waals surface area (Å²) in [6.07, 6.45) is 2.98. The number of hydrogen-bond acceptors (Lipinski definition) is 5. The number of nitrogens with zero attached hydrogens (tertiary/aromatic N) is 2. The number of pyridine rings is 1. The maximum absolute atomic E-state index is 12.4. The molecule has 19 heavy (non-hydrogen) atoms. The Morgan fingerprint density at radius 1 is 1.47 bits per heavy atom. The average molecular weight is 287 g/mol. The molecule has 0 fully saturated rings. The molecule has 7 heteroatoms. The molecule has 108 valence electrons. The van der Waals surface area contributed by atoms with Crippen LogP contribution in [-0.4, -0.2) is 51.1 Å². The van der Waals surface area contributed by atoms with Crippen molar-refractivity contribution in [3.63, 3.8) is 0 Å². The van der Waals surface area contributed by atoms with E-state index in [4.69, 9.17) is 4.74 Å². The quantitative estimate of drug-likeness (QED) is 0.815. The summed E-state index contributed by atoms with van der Waals surface area (Å²) in [5.41, 5.74) is 0.534. The molecular formula is C12H21N3O3S. The van der Waals surface area contributed by atoms with Gasteiger partial charge in [0.05, 0.1) is 18.4 Å². The summed E-state index contributed by atoms with van der Waals surface area (Å²) < 4.78 is 31.4. The van der Waals surface area contributed by atoms with Gasteiger partial charge in [0.15, 0.2) is 0 Å². The van der Waals surface area contributed by atoms with E-state index in [0.717, 1.165) is 0 Å². The Morgan fingerprint density at radius 2 is 2.16 bits per heavy atom. The molecule has 0 aliphatic carbocycles. The average Bonchev–Trinajstić information content (AvgIpc) is 2.38. The van der Waals surface area contributed by atoms with Crippen molar-refractivity contribution in [3.8, 4) is 0 Å². The van der Waals surface area contributed by atoms with Crippen molar-refractivity contribution >= 4 is 15.7 Å². The van der Waals surface area contributed by atoms with Crippen LogP contribution in [0.4, 0.5) is 5.69 Å². The topological polar surface area (TPSA) is 71.5 Å². The zero-order chi connectivity index (χ0) is 14.5. The summed E-state index contributed by atoms with van der Waals surface area (Å²) in [6, 6.07) is 1.63. The minimum absolute atomic E-state index is 0.0855. The maximum atomic E-state index is 12.4. The van der Waals surface area contributed by atoms with Crippen molar-refractivity contribution in [2.45, 2.75) is 24.8 Å². The van der Waals surface area contributed by atoms with Gasteiger partial charge >= 0.3 is 0 Å². The van der Waals surface area contributed by atoms with Crippen molar-refractivity contribution in [2.24, 2.45) is 0 Å². The second kappa shape index (κ2) is 6.83. The molecule has 1 aromatic rings. The van der Waals surface area contributed by atoms with Gasteiger partial charge in [-0.3, -0.25) is 4.98 Å². The van der Waals surface area contributed by atoms with E-state index in [-0.39, 0.29) is 11.0 Å². The van der Waals surface area contributed by atoms with Crippen LogP contribution in [0.2, 0.25) is 0 Å². The summed E-state index contributed by atoms with van der Waals surface area (Å²) in [6.45, 7) is 4.49. The number of likely N-dealkylation sites (N-methyl/N-ethyl adjacent to an activating group) is 1. The largest absolute Gasteiger partial charge is 0.387 e. The minimum Gasteiger partial charge on any atom is -0.387 e. The molecule has 0 amide bonds. The van der Waals surface area contributed by atoms with Gasteiger partial charge < -0.3 is 10.1 Å². The predicted octanol–water partition coefficient (Wildman–Crippen LogP) is 1.17. The number of sulfonamides is 1. The molecule has 0 aliphatic rings. The summed E-state index contributed by atoms with van der Waals surface area (Å²) in [7, 11) is -0.341. The van der Waals surface area contributed by atoms with Crippen LogP contribution in [0.15, 0.2) is 23.4 Å². The highest BCUT2D eigenvalue weighted by molar-refractivity contribution is 7.89. The maximum Gasteiger partial charge on any atom is 0.246 e. The molecule has 0 aromatic carbocycles. The zero-order valence-electron chi connectivity index (χ0n) is 11.8. The minimum atomic E-state index is -3.55. The molecule has 0 radical (unpaired) electrons. The van der Waals surface area contributed by atoms with Gasteiger partial charge in [-0.25, -0.2) is 8.42 Å². The van der Waals surface area contributed by atoms with E-state index in [1.165, 1.54) is 17.5 Å². The van der Waals surface area contributed by atoms with E-state index in [1.54, 1.807) is 19.3 Å². The Bertz CT molecular complexity index is 503. The first-order chi connectivity index (χ1) is 8.89. The van der Waals surface area contributed by atoms with Crippen LogP contribution >= 0.6 is 0 Å². The number of nitrogens with one attached hydrogen (secondary N) is 1. The fourth-order valence-electron chi connectivity index (χ4n) is 1.50. The van der Waals surface area contributed by atoms with Gasteiger partial charge in [0.25, 0.3) is 0 Å². The lowest BCUT2D eigenvalue weighted by molar-refractivity contribution is 0.0737. The summed E-state index contributed by atoms with van der Waals surface area (Å²) in [5, 5.41) is 2.85. The first-order valence-corrected chi connectivity index (χ1v) is 7.53. The molecule has 1 rings (SSSR count). The Balaban J connectivity index is 2.85. The molecule has 0 spiro atoms. The standard InChI is InChI=1S/C12H21N3O3S/c1-10(2)18-8-7-15(4)19(16,17)12-9-14-6-5-11(12)13-3/h5-6,9-10H,7-8H2,1-4H3,(H,13,14). The summed E-state index contributed by atoms with van der Waals surface area (Å²) >= 11 is 0.